The van der Waals surface area contributed by atoms with Crippen molar-refractivity contribution in [2.24, 2.45) is 5.73 Å². The van der Waals surface area contributed by atoms with Crippen LogP contribution in [0.25, 0.3) is 0 Å². The van der Waals surface area contributed by atoms with Gasteiger partial charge < -0.3 is 19.9 Å². The molecule has 0 aliphatic carbocycles. The van der Waals surface area contributed by atoms with E-state index in [0.717, 1.165) is 18.1 Å². The minimum Gasteiger partial charge on any atom is -0.493 e. The second-order valence-corrected chi connectivity index (χ2v) is 8.61. The van der Waals surface area contributed by atoms with Crippen molar-refractivity contribution in [3.63, 3.8) is 0 Å². The first-order chi connectivity index (χ1) is 14.6. The molecule has 0 radical (unpaired) electrons. The largest absolute Gasteiger partial charge is 0.493 e. The summed E-state index contributed by atoms with van der Waals surface area (Å²) in [5.74, 6) is -0.830. The molecule has 1 aliphatic heterocycles. The molecule has 7 heteroatoms. The van der Waals surface area contributed by atoms with E-state index < -0.39 is 23.1 Å². The molecule has 1 aliphatic rings. The molecule has 2 aromatic rings. The summed E-state index contributed by atoms with van der Waals surface area (Å²) in [5.41, 5.74) is 6.52. The van der Waals surface area contributed by atoms with Crippen LogP contribution in [0, 0.1) is 0 Å². The van der Waals surface area contributed by atoms with E-state index in [-0.39, 0.29) is 12.4 Å². The van der Waals surface area contributed by atoms with Crippen molar-refractivity contribution >= 4 is 0 Å². The molecule has 0 amide bonds. The van der Waals surface area contributed by atoms with Gasteiger partial charge in [-0.3, -0.25) is 0 Å². The van der Waals surface area contributed by atoms with Gasteiger partial charge in [-0.05, 0) is 62.8 Å². The maximum absolute atomic E-state index is 13.6. The van der Waals surface area contributed by atoms with E-state index >= 15 is 0 Å². The molecule has 0 unspecified atom stereocenters. The van der Waals surface area contributed by atoms with Crippen molar-refractivity contribution in [1.29, 1.82) is 0 Å². The van der Waals surface area contributed by atoms with Crippen LogP contribution < -0.4 is 10.5 Å². The molecule has 2 N–H and O–H groups in total. The van der Waals surface area contributed by atoms with Gasteiger partial charge in [0, 0.05) is 0 Å². The van der Waals surface area contributed by atoms with E-state index in [1.165, 1.54) is 6.07 Å². The lowest BCUT2D eigenvalue weighted by Gasteiger charge is -2.41. The minimum atomic E-state index is -4.49. The SMILES string of the molecule is CC1(C)OCC(N)(CCc2ccc(OCCCc3ccccc3)c(C(F)(F)F)c2)CO1. The van der Waals surface area contributed by atoms with Gasteiger partial charge in [0.15, 0.2) is 5.79 Å². The number of alkyl halides is 3. The average Bonchev–Trinajstić information content (AvgIpc) is 2.73. The van der Waals surface area contributed by atoms with Crippen LogP contribution in [-0.2, 0) is 28.5 Å². The number of hydrogen-bond donors (Lipinski definition) is 1. The summed E-state index contributed by atoms with van der Waals surface area (Å²) in [7, 11) is 0. The van der Waals surface area contributed by atoms with Crippen LogP contribution in [0.1, 0.15) is 43.4 Å². The summed E-state index contributed by atoms with van der Waals surface area (Å²) >= 11 is 0. The standard InChI is InChI=1S/C24H30F3NO3/c1-22(2)30-16-23(28,17-31-22)13-12-19-10-11-21(20(15-19)24(25,26)27)29-14-6-9-18-7-4-3-5-8-18/h3-5,7-8,10-11,15H,6,9,12-14,16-17,28H2,1-2H3. The molecule has 31 heavy (non-hydrogen) atoms. The maximum atomic E-state index is 13.6. The molecule has 0 saturated carbocycles. The molecule has 0 spiro atoms. The van der Waals surface area contributed by atoms with Crippen LogP contribution in [0.3, 0.4) is 0 Å². The molecule has 2 aromatic carbocycles. The van der Waals surface area contributed by atoms with Crippen LogP contribution in [-0.4, -0.2) is 31.1 Å². The lowest BCUT2D eigenvalue weighted by Crippen LogP contribution is -2.57. The second kappa shape index (κ2) is 9.59. The fraction of sp³-hybridized carbons (Fsp3) is 0.500. The summed E-state index contributed by atoms with van der Waals surface area (Å²) < 4.78 is 57.5. The molecule has 1 saturated heterocycles. The first-order valence-corrected chi connectivity index (χ1v) is 10.5. The van der Waals surface area contributed by atoms with Gasteiger partial charge >= 0.3 is 6.18 Å². The van der Waals surface area contributed by atoms with Crippen molar-refractivity contribution in [2.45, 2.75) is 57.0 Å². The number of ether oxygens (including phenoxy) is 3. The number of halogens is 3. The number of hydrogen-bond acceptors (Lipinski definition) is 4. The molecule has 0 bridgehead atoms. The van der Waals surface area contributed by atoms with Gasteiger partial charge in [-0.1, -0.05) is 36.4 Å². The van der Waals surface area contributed by atoms with E-state index in [2.05, 4.69) is 0 Å². The van der Waals surface area contributed by atoms with E-state index in [4.69, 9.17) is 19.9 Å². The van der Waals surface area contributed by atoms with Crippen LogP contribution in [0.4, 0.5) is 13.2 Å². The first-order valence-electron chi connectivity index (χ1n) is 10.5. The summed E-state index contributed by atoms with van der Waals surface area (Å²) in [6.07, 6.45) is -2.26. The van der Waals surface area contributed by atoms with Crippen molar-refractivity contribution in [1.82, 2.24) is 0 Å². The molecule has 0 aromatic heterocycles. The topological polar surface area (TPSA) is 53.7 Å². The highest BCUT2D eigenvalue weighted by molar-refractivity contribution is 5.39. The third-order valence-electron chi connectivity index (χ3n) is 5.39. The van der Waals surface area contributed by atoms with Crippen molar-refractivity contribution in [3.8, 4) is 5.75 Å². The second-order valence-electron chi connectivity index (χ2n) is 8.61. The van der Waals surface area contributed by atoms with Gasteiger partial charge in [-0.2, -0.15) is 13.2 Å². The molecular formula is C24H30F3NO3. The van der Waals surface area contributed by atoms with Crippen molar-refractivity contribution in [2.75, 3.05) is 19.8 Å². The smallest absolute Gasteiger partial charge is 0.419 e. The molecule has 170 valence electrons. The normalized spacial score (nSPS) is 18.0. The maximum Gasteiger partial charge on any atom is 0.419 e. The Morgan fingerprint density at radius 2 is 1.65 bits per heavy atom. The van der Waals surface area contributed by atoms with E-state index in [0.29, 0.717) is 38.0 Å². The van der Waals surface area contributed by atoms with Crippen LogP contribution >= 0.6 is 0 Å². The third-order valence-corrected chi connectivity index (χ3v) is 5.39. The Morgan fingerprint density at radius 1 is 0.968 bits per heavy atom. The lowest BCUT2D eigenvalue weighted by molar-refractivity contribution is -0.267. The van der Waals surface area contributed by atoms with Gasteiger partial charge in [0.1, 0.15) is 5.75 Å². The minimum absolute atomic E-state index is 0.141. The fourth-order valence-corrected chi connectivity index (χ4v) is 3.44. The van der Waals surface area contributed by atoms with Gasteiger partial charge in [0.25, 0.3) is 0 Å². The molecule has 1 fully saturated rings. The van der Waals surface area contributed by atoms with Gasteiger partial charge in [0.05, 0.1) is 30.9 Å². The zero-order chi connectivity index (χ0) is 22.5. The Bertz CT molecular complexity index is 843. The van der Waals surface area contributed by atoms with Gasteiger partial charge in [0.2, 0.25) is 0 Å². The predicted molar refractivity (Wildman–Crippen MR) is 113 cm³/mol. The number of nitrogens with two attached hydrogens (primary N) is 1. The molecular weight excluding hydrogens is 407 g/mol. The lowest BCUT2D eigenvalue weighted by atomic mass is 9.92. The summed E-state index contributed by atoms with van der Waals surface area (Å²) in [5, 5.41) is 0. The highest BCUT2D eigenvalue weighted by Gasteiger charge is 2.38. The first kappa shape index (κ1) is 23.6. The van der Waals surface area contributed by atoms with E-state index in [1.54, 1.807) is 19.9 Å². The molecule has 4 nitrogen and oxygen atoms in total. The highest BCUT2D eigenvalue weighted by Crippen LogP contribution is 2.37. The molecule has 0 atom stereocenters. The fourth-order valence-electron chi connectivity index (χ4n) is 3.44. The Hall–Kier alpha value is -2.09. The van der Waals surface area contributed by atoms with Gasteiger partial charge in [-0.15, -0.1) is 0 Å². The summed E-state index contributed by atoms with van der Waals surface area (Å²) in [4.78, 5) is 0. The van der Waals surface area contributed by atoms with Crippen LogP contribution in [0.15, 0.2) is 48.5 Å². The van der Waals surface area contributed by atoms with E-state index in [1.807, 2.05) is 30.3 Å². The third kappa shape index (κ3) is 6.95. The van der Waals surface area contributed by atoms with Crippen molar-refractivity contribution in [3.05, 3.63) is 65.2 Å². The monoisotopic (exact) mass is 437 g/mol. The van der Waals surface area contributed by atoms with Crippen molar-refractivity contribution < 1.29 is 27.4 Å². The number of rotatable bonds is 8. The summed E-state index contributed by atoms with van der Waals surface area (Å²) in [6.45, 7) is 4.43. The molecule has 3 rings (SSSR count). The van der Waals surface area contributed by atoms with Crippen LogP contribution in [0.5, 0.6) is 5.75 Å². The Labute approximate surface area is 181 Å². The quantitative estimate of drug-likeness (QED) is 0.582. The highest BCUT2D eigenvalue weighted by atomic mass is 19.4. The summed E-state index contributed by atoms with van der Waals surface area (Å²) in [6, 6.07) is 14.0. The number of benzene rings is 2. The Morgan fingerprint density at radius 3 is 2.29 bits per heavy atom. The zero-order valence-corrected chi connectivity index (χ0v) is 18.0. The zero-order valence-electron chi connectivity index (χ0n) is 18.0. The molecule has 1 heterocycles. The van der Waals surface area contributed by atoms with E-state index in [9.17, 15) is 13.2 Å². The predicted octanol–water partition coefficient (Wildman–Crippen LogP) is 5.13. The number of aryl methyl sites for hydroxylation is 2. The Balaban J connectivity index is 1.59. The van der Waals surface area contributed by atoms with Crippen LogP contribution in [0.2, 0.25) is 0 Å². The van der Waals surface area contributed by atoms with Gasteiger partial charge in [-0.25, -0.2) is 0 Å². The average molecular weight is 438 g/mol. The Kier molecular flexibility index (Phi) is 7.29.